The molecule has 0 fully saturated rings. The molecule has 0 aromatic carbocycles. The zero-order chi connectivity index (χ0) is 11.0. The third-order valence-corrected chi connectivity index (χ3v) is 1.74. The van der Waals surface area contributed by atoms with Gasteiger partial charge >= 0.3 is 0 Å². The molecule has 0 aliphatic rings. The Morgan fingerprint density at radius 2 is 2.29 bits per heavy atom. The topological polar surface area (TPSA) is 80.0 Å². The second-order valence-corrected chi connectivity index (χ2v) is 2.89. The minimum absolute atomic E-state index is 1.17. The van der Waals surface area contributed by atoms with Crippen LogP contribution in [0.1, 0.15) is 25.6 Å². The summed E-state index contributed by atoms with van der Waals surface area (Å²) in [7, 11) is 2.07. The predicted molar refractivity (Wildman–Crippen MR) is 48.6 cm³/mol. The molecule has 1 aromatic rings. The third kappa shape index (κ3) is 6.05. The first-order valence-corrected chi connectivity index (χ1v) is 4.49. The number of hydrogen-bond donors (Lipinski definition) is 2. The lowest BCUT2D eigenvalue weighted by Crippen LogP contribution is -2.30. The van der Waals surface area contributed by atoms with E-state index < -0.39 is 6.16 Å². The Bertz CT molecular complexity index is 267. The molecule has 0 radical (unpaired) electrons. The standard InChI is InChI=1S/C8H14N2.CH2O3/c1-3-4-5-8-9-6-7-10(8)2;2-1(3)4/h6-7H,3-5H2,1-2H3;(H2,2,3,4). The first-order chi connectivity index (χ1) is 6.57. The highest BCUT2D eigenvalue weighted by Gasteiger charge is 2.03. The van der Waals surface area contributed by atoms with Crippen LogP contribution in [-0.2, 0) is 13.5 Å². The van der Waals surface area contributed by atoms with Crippen molar-refractivity contribution in [2.75, 3.05) is 0 Å². The van der Waals surface area contributed by atoms with Gasteiger partial charge in [0.05, 0.1) is 7.05 Å². The molecule has 2 N–H and O–H groups in total. The first kappa shape index (κ1) is 12.5. The van der Waals surface area contributed by atoms with Gasteiger partial charge in [0.25, 0.3) is 5.82 Å². The summed E-state index contributed by atoms with van der Waals surface area (Å²) in [4.78, 5) is 11.6. The Morgan fingerprint density at radius 1 is 1.71 bits per heavy atom. The quantitative estimate of drug-likeness (QED) is 0.677. The number of nitrogens with zero attached hydrogens (tertiary/aromatic N) is 1. The number of aromatic amines is 1. The van der Waals surface area contributed by atoms with E-state index in [9.17, 15) is 0 Å². The molecule has 1 heterocycles. The fourth-order valence-corrected chi connectivity index (χ4v) is 1.03. The summed E-state index contributed by atoms with van der Waals surface area (Å²) in [5.74, 6) is 1.32. The van der Waals surface area contributed by atoms with Crippen LogP contribution in [0.4, 0.5) is 4.79 Å². The summed E-state index contributed by atoms with van der Waals surface area (Å²) < 4.78 is 2.13. The zero-order valence-corrected chi connectivity index (χ0v) is 8.49. The van der Waals surface area contributed by atoms with Gasteiger partial charge in [-0.2, -0.15) is 0 Å². The molecule has 0 unspecified atom stereocenters. The van der Waals surface area contributed by atoms with E-state index in [-0.39, 0.29) is 0 Å². The van der Waals surface area contributed by atoms with Gasteiger partial charge in [0, 0.05) is 6.42 Å². The van der Waals surface area contributed by atoms with Gasteiger partial charge in [-0.1, -0.05) is 13.3 Å². The Balaban J connectivity index is 0.000000364. The number of unbranched alkanes of at least 4 members (excludes halogenated alkanes) is 1. The summed E-state index contributed by atoms with van der Waals surface area (Å²) in [6, 6.07) is 0. The molecule has 0 spiro atoms. The van der Waals surface area contributed by atoms with E-state index >= 15 is 0 Å². The number of rotatable bonds is 3. The van der Waals surface area contributed by atoms with Crippen LogP contribution in [0.5, 0.6) is 0 Å². The maximum atomic E-state index is 8.44. The van der Waals surface area contributed by atoms with Crippen LogP contribution in [0.15, 0.2) is 12.4 Å². The van der Waals surface area contributed by atoms with E-state index in [0.29, 0.717) is 0 Å². The summed E-state index contributed by atoms with van der Waals surface area (Å²) in [6.45, 7) is 2.21. The van der Waals surface area contributed by atoms with E-state index in [1.165, 1.54) is 25.1 Å². The van der Waals surface area contributed by atoms with Gasteiger partial charge in [-0.3, -0.25) is 0 Å². The molecule has 1 rings (SSSR count). The number of H-pyrrole nitrogens is 1. The van der Waals surface area contributed by atoms with Crippen LogP contribution in [-0.4, -0.2) is 16.2 Å². The summed E-state index contributed by atoms with van der Waals surface area (Å²) in [5.41, 5.74) is 0. The normalized spacial score (nSPS) is 9.00. The number of imidazole rings is 1. The second kappa shape index (κ2) is 6.94. The molecule has 0 amide bonds. The van der Waals surface area contributed by atoms with Gasteiger partial charge in [0.15, 0.2) is 0 Å². The maximum absolute atomic E-state index is 8.44. The van der Waals surface area contributed by atoms with Crippen LogP contribution >= 0.6 is 0 Å². The number of aromatic nitrogens is 2. The Morgan fingerprint density at radius 3 is 2.64 bits per heavy atom. The minimum Gasteiger partial charge on any atom is -0.565 e. The average molecular weight is 200 g/mol. The molecule has 5 nitrogen and oxygen atoms in total. The van der Waals surface area contributed by atoms with Gasteiger partial charge in [-0.25, -0.2) is 9.55 Å². The SMILES string of the molecule is CCCCc1[nH]cc[n+]1C.O=C([O-])O. The van der Waals surface area contributed by atoms with Gasteiger partial charge in [0.2, 0.25) is 6.16 Å². The number of carboxylic acid groups (broad SMARTS) is 2. The molecule has 5 heteroatoms. The first-order valence-electron chi connectivity index (χ1n) is 4.49. The van der Waals surface area contributed by atoms with Gasteiger partial charge in [-0.05, 0) is 6.42 Å². The summed E-state index contributed by atoms with van der Waals surface area (Å²) in [5, 5.41) is 15.3. The lowest BCUT2D eigenvalue weighted by Gasteiger charge is -1.91. The minimum atomic E-state index is -2.08. The molecule has 0 saturated carbocycles. The van der Waals surface area contributed by atoms with Crippen molar-refractivity contribution in [3.63, 3.8) is 0 Å². The molecular formula is C9H16N2O3. The van der Waals surface area contributed by atoms with Crippen molar-refractivity contribution in [1.82, 2.24) is 4.98 Å². The van der Waals surface area contributed by atoms with Crippen molar-refractivity contribution in [2.45, 2.75) is 26.2 Å². The predicted octanol–water partition coefficient (Wildman–Crippen LogP) is 0.0695. The largest absolute Gasteiger partial charge is 0.565 e. The summed E-state index contributed by atoms with van der Waals surface area (Å²) >= 11 is 0. The Kier molecular flexibility index (Phi) is 6.19. The molecule has 0 atom stereocenters. The van der Waals surface area contributed by atoms with Crippen LogP contribution < -0.4 is 9.67 Å². The van der Waals surface area contributed by atoms with E-state index in [4.69, 9.17) is 15.0 Å². The number of nitrogens with one attached hydrogen (secondary N) is 1. The molecule has 1 aromatic heterocycles. The molecule has 0 saturated heterocycles. The summed E-state index contributed by atoms with van der Waals surface area (Å²) in [6.07, 6.45) is 5.64. The van der Waals surface area contributed by atoms with Crippen molar-refractivity contribution >= 4 is 6.16 Å². The lowest BCUT2D eigenvalue weighted by molar-refractivity contribution is -0.677. The average Bonchev–Trinajstić information content (AvgIpc) is 2.47. The van der Waals surface area contributed by atoms with Crippen molar-refractivity contribution in [3.8, 4) is 0 Å². The van der Waals surface area contributed by atoms with Crippen molar-refractivity contribution in [1.29, 1.82) is 0 Å². The third-order valence-electron chi connectivity index (χ3n) is 1.74. The Hall–Kier alpha value is -1.52. The fraction of sp³-hybridized carbons (Fsp3) is 0.556. The number of aryl methyl sites for hydroxylation is 2. The van der Waals surface area contributed by atoms with Crippen molar-refractivity contribution < 1.29 is 19.6 Å². The zero-order valence-electron chi connectivity index (χ0n) is 8.49. The molecule has 0 bridgehead atoms. The van der Waals surface area contributed by atoms with Gasteiger partial charge in [0.1, 0.15) is 12.4 Å². The Labute approximate surface area is 83.0 Å². The van der Waals surface area contributed by atoms with E-state index in [0.717, 1.165) is 0 Å². The van der Waals surface area contributed by atoms with Gasteiger partial charge < -0.3 is 15.0 Å². The highest BCUT2D eigenvalue weighted by Crippen LogP contribution is 1.94. The fourth-order valence-electron chi connectivity index (χ4n) is 1.03. The maximum Gasteiger partial charge on any atom is 0.253 e. The monoisotopic (exact) mass is 200 g/mol. The molecule has 0 aliphatic heterocycles. The van der Waals surface area contributed by atoms with Crippen LogP contribution in [0.3, 0.4) is 0 Å². The van der Waals surface area contributed by atoms with Crippen LogP contribution in [0, 0.1) is 0 Å². The van der Waals surface area contributed by atoms with E-state index in [1.807, 2.05) is 12.4 Å². The van der Waals surface area contributed by atoms with Crippen molar-refractivity contribution in [3.05, 3.63) is 18.2 Å². The van der Waals surface area contributed by atoms with Crippen LogP contribution in [0.2, 0.25) is 0 Å². The van der Waals surface area contributed by atoms with Gasteiger partial charge in [-0.15, -0.1) is 0 Å². The highest BCUT2D eigenvalue weighted by molar-refractivity contribution is 5.50. The van der Waals surface area contributed by atoms with E-state index in [1.54, 1.807) is 0 Å². The lowest BCUT2D eigenvalue weighted by atomic mass is 10.2. The molecular weight excluding hydrogens is 184 g/mol. The van der Waals surface area contributed by atoms with Crippen molar-refractivity contribution in [2.24, 2.45) is 7.05 Å². The van der Waals surface area contributed by atoms with Crippen LogP contribution in [0.25, 0.3) is 0 Å². The second-order valence-electron chi connectivity index (χ2n) is 2.89. The molecule has 80 valence electrons. The molecule has 14 heavy (non-hydrogen) atoms. The van der Waals surface area contributed by atoms with E-state index in [2.05, 4.69) is 23.5 Å². The number of carbonyl (C=O) groups is 1. The smallest absolute Gasteiger partial charge is 0.253 e. The highest BCUT2D eigenvalue weighted by atomic mass is 16.6. The number of hydrogen-bond acceptors (Lipinski definition) is 2. The molecule has 0 aliphatic carbocycles.